The van der Waals surface area contributed by atoms with Crippen LogP contribution in [0.4, 0.5) is 13.2 Å². The molecule has 0 spiro atoms. The van der Waals surface area contributed by atoms with E-state index in [0.717, 1.165) is 39.9 Å². The van der Waals surface area contributed by atoms with E-state index >= 15 is 0 Å². The Morgan fingerprint density at radius 3 is 2.03 bits per heavy atom. The summed E-state index contributed by atoms with van der Waals surface area (Å²) in [5, 5.41) is 9.45. The van der Waals surface area contributed by atoms with Crippen molar-refractivity contribution in [1.29, 1.82) is 0 Å². The van der Waals surface area contributed by atoms with Crippen LogP contribution in [0.1, 0.15) is 29.4 Å². The molecule has 0 aliphatic heterocycles. The molecule has 0 unspecified atom stereocenters. The molecule has 0 aliphatic carbocycles. The first-order valence-electron chi connectivity index (χ1n) is 10.3. The molecular formula is C24H23F3N4S. The van der Waals surface area contributed by atoms with E-state index in [1.807, 2.05) is 23.6 Å². The van der Waals surface area contributed by atoms with Gasteiger partial charge in [-0.2, -0.15) is 13.2 Å². The summed E-state index contributed by atoms with van der Waals surface area (Å²) in [7, 11) is 0. The molecule has 0 radical (unpaired) electrons. The van der Waals surface area contributed by atoms with Crippen molar-refractivity contribution in [2.45, 2.75) is 44.4 Å². The first kappa shape index (κ1) is 22.2. The fourth-order valence-electron chi connectivity index (χ4n) is 3.67. The molecule has 0 N–H and O–H groups in total. The highest BCUT2D eigenvalue weighted by molar-refractivity contribution is 7.98. The zero-order valence-corrected chi connectivity index (χ0v) is 18.8. The zero-order valence-electron chi connectivity index (χ0n) is 18.0. The number of aromatic nitrogens is 4. The van der Waals surface area contributed by atoms with Crippen molar-refractivity contribution >= 4 is 11.8 Å². The molecule has 2 aromatic heterocycles. The van der Waals surface area contributed by atoms with Gasteiger partial charge in [-0.15, -0.1) is 10.2 Å². The number of nitrogens with zero attached hydrogens (tertiary/aromatic N) is 4. The van der Waals surface area contributed by atoms with Crippen molar-refractivity contribution in [1.82, 2.24) is 19.3 Å². The lowest BCUT2D eigenvalue weighted by molar-refractivity contribution is -0.137. The molecule has 0 saturated carbocycles. The average molecular weight is 457 g/mol. The summed E-state index contributed by atoms with van der Waals surface area (Å²) >= 11 is 1.46. The SMILES string of the molecule is CCn1c(SCc2ccc(C(F)(F)F)cc2)nnc1-c1ccc(-n2c(C)ccc2C)cc1. The average Bonchev–Trinajstić information content (AvgIpc) is 3.34. The second-order valence-corrected chi connectivity index (χ2v) is 8.47. The van der Waals surface area contributed by atoms with Crippen LogP contribution in [0.25, 0.3) is 17.1 Å². The lowest BCUT2D eigenvalue weighted by Gasteiger charge is -2.11. The van der Waals surface area contributed by atoms with Crippen LogP contribution in [0.5, 0.6) is 0 Å². The quantitative estimate of drug-likeness (QED) is 0.304. The molecule has 32 heavy (non-hydrogen) atoms. The van der Waals surface area contributed by atoms with Gasteiger partial charge in [0.2, 0.25) is 0 Å². The Morgan fingerprint density at radius 2 is 1.47 bits per heavy atom. The summed E-state index contributed by atoms with van der Waals surface area (Å²) in [6.07, 6.45) is -4.32. The van der Waals surface area contributed by atoms with E-state index in [4.69, 9.17) is 0 Å². The van der Waals surface area contributed by atoms with Gasteiger partial charge in [0.05, 0.1) is 5.56 Å². The molecule has 0 atom stereocenters. The smallest absolute Gasteiger partial charge is 0.319 e. The predicted molar refractivity (Wildman–Crippen MR) is 121 cm³/mol. The molecule has 0 aliphatic rings. The molecule has 8 heteroatoms. The van der Waals surface area contributed by atoms with Crippen LogP contribution in [0.3, 0.4) is 0 Å². The Morgan fingerprint density at radius 1 is 0.844 bits per heavy atom. The number of benzene rings is 2. The minimum absolute atomic E-state index is 0.515. The van der Waals surface area contributed by atoms with E-state index < -0.39 is 11.7 Å². The molecule has 2 aromatic carbocycles. The van der Waals surface area contributed by atoms with Gasteiger partial charge in [0, 0.05) is 34.9 Å². The molecule has 4 aromatic rings. The van der Waals surface area contributed by atoms with Crippen LogP contribution in [0.2, 0.25) is 0 Å². The standard InChI is InChI=1S/C24H23F3N4S/c1-4-30-22(19-9-13-21(14-10-19)31-16(2)5-6-17(31)3)28-29-23(30)32-15-18-7-11-20(12-8-18)24(25,26)27/h5-14H,4,15H2,1-3H3. The highest BCUT2D eigenvalue weighted by atomic mass is 32.2. The molecule has 2 heterocycles. The van der Waals surface area contributed by atoms with Gasteiger partial charge >= 0.3 is 6.18 Å². The van der Waals surface area contributed by atoms with Crippen LogP contribution < -0.4 is 0 Å². The fraction of sp³-hybridized carbons (Fsp3) is 0.250. The minimum Gasteiger partial charge on any atom is -0.319 e. The highest BCUT2D eigenvalue weighted by Gasteiger charge is 2.29. The van der Waals surface area contributed by atoms with Crippen LogP contribution >= 0.6 is 11.8 Å². The summed E-state index contributed by atoms with van der Waals surface area (Å²) in [6.45, 7) is 6.87. The first-order valence-corrected chi connectivity index (χ1v) is 11.2. The van der Waals surface area contributed by atoms with Crippen molar-refractivity contribution in [3.8, 4) is 17.1 Å². The van der Waals surface area contributed by atoms with E-state index in [1.165, 1.54) is 35.3 Å². The van der Waals surface area contributed by atoms with E-state index in [-0.39, 0.29) is 0 Å². The van der Waals surface area contributed by atoms with Crippen LogP contribution in [-0.4, -0.2) is 19.3 Å². The molecule has 4 rings (SSSR count). The van der Waals surface area contributed by atoms with Crippen molar-refractivity contribution in [2.24, 2.45) is 0 Å². The van der Waals surface area contributed by atoms with Gasteiger partial charge in [-0.3, -0.25) is 0 Å². The number of hydrogen-bond donors (Lipinski definition) is 0. The maximum Gasteiger partial charge on any atom is 0.416 e. The van der Waals surface area contributed by atoms with Crippen LogP contribution in [0, 0.1) is 13.8 Å². The molecule has 0 fully saturated rings. The Labute approximate surface area is 189 Å². The normalized spacial score (nSPS) is 11.8. The van der Waals surface area contributed by atoms with Crippen LogP contribution in [-0.2, 0) is 18.5 Å². The summed E-state index contributed by atoms with van der Waals surface area (Å²) in [5.74, 6) is 1.29. The Balaban J connectivity index is 1.52. The Hall–Kier alpha value is -3.00. The summed E-state index contributed by atoms with van der Waals surface area (Å²) in [4.78, 5) is 0. The van der Waals surface area contributed by atoms with Crippen molar-refractivity contribution < 1.29 is 13.2 Å². The minimum atomic E-state index is -4.32. The number of rotatable bonds is 6. The maximum absolute atomic E-state index is 12.7. The fourth-order valence-corrected chi connectivity index (χ4v) is 4.63. The Kier molecular flexibility index (Phi) is 6.15. The number of alkyl halides is 3. The third-order valence-corrected chi connectivity index (χ3v) is 6.38. The predicted octanol–water partition coefficient (Wildman–Crippen LogP) is 6.68. The Bertz CT molecular complexity index is 1190. The summed E-state index contributed by atoms with van der Waals surface area (Å²) < 4.78 is 42.5. The van der Waals surface area contributed by atoms with E-state index in [2.05, 4.69) is 52.9 Å². The van der Waals surface area contributed by atoms with Gasteiger partial charge in [-0.25, -0.2) is 0 Å². The van der Waals surface area contributed by atoms with Gasteiger partial charge in [-0.1, -0.05) is 23.9 Å². The van der Waals surface area contributed by atoms with Gasteiger partial charge in [-0.05, 0) is 74.9 Å². The number of thioether (sulfide) groups is 1. The second-order valence-electron chi connectivity index (χ2n) is 7.53. The number of halogens is 3. The maximum atomic E-state index is 12.7. The highest BCUT2D eigenvalue weighted by Crippen LogP contribution is 2.31. The number of aryl methyl sites for hydroxylation is 2. The van der Waals surface area contributed by atoms with Crippen molar-refractivity contribution in [3.63, 3.8) is 0 Å². The molecule has 0 amide bonds. The lowest BCUT2D eigenvalue weighted by Crippen LogP contribution is -2.04. The number of hydrogen-bond acceptors (Lipinski definition) is 3. The van der Waals surface area contributed by atoms with Gasteiger partial charge in [0.15, 0.2) is 11.0 Å². The van der Waals surface area contributed by atoms with E-state index in [9.17, 15) is 13.2 Å². The van der Waals surface area contributed by atoms with Crippen molar-refractivity contribution in [3.05, 3.63) is 83.2 Å². The lowest BCUT2D eigenvalue weighted by atomic mass is 10.1. The van der Waals surface area contributed by atoms with Gasteiger partial charge < -0.3 is 9.13 Å². The van der Waals surface area contributed by atoms with E-state index in [0.29, 0.717) is 12.3 Å². The summed E-state index contributed by atoms with van der Waals surface area (Å²) in [6, 6.07) is 17.6. The molecule has 0 bridgehead atoms. The molecular weight excluding hydrogens is 433 g/mol. The second kappa shape index (κ2) is 8.86. The third-order valence-electron chi connectivity index (χ3n) is 5.34. The van der Waals surface area contributed by atoms with Gasteiger partial charge in [0.1, 0.15) is 0 Å². The third kappa shape index (κ3) is 4.46. The first-order chi connectivity index (χ1) is 15.3. The largest absolute Gasteiger partial charge is 0.416 e. The van der Waals surface area contributed by atoms with E-state index in [1.54, 1.807) is 0 Å². The summed E-state index contributed by atoms with van der Waals surface area (Å²) in [5.41, 5.74) is 4.57. The molecule has 0 saturated heterocycles. The van der Waals surface area contributed by atoms with Gasteiger partial charge in [0.25, 0.3) is 0 Å². The molecule has 4 nitrogen and oxygen atoms in total. The monoisotopic (exact) mass is 456 g/mol. The molecule has 166 valence electrons. The van der Waals surface area contributed by atoms with Crippen LogP contribution in [0.15, 0.2) is 65.8 Å². The van der Waals surface area contributed by atoms with Crippen molar-refractivity contribution in [2.75, 3.05) is 0 Å². The zero-order chi connectivity index (χ0) is 22.9. The topological polar surface area (TPSA) is 35.6 Å².